The summed E-state index contributed by atoms with van der Waals surface area (Å²) in [5.74, 6) is 0.952. The zero-order chi connectivity index (χ0) is 15.7. The minimum absolute atomic E-state index is 0.0386. The van der Waals surface area contributed by atoms with Crippen molar-refractivity contribution in [3.8, 4) is 5.69 Å². The first kappa shape index (κ1) is 15.3. The number of nitrogens with zero attached hydrogens (tertiary/aromatic N) is 2. The average molecular weight is 330 g/mol. The minimum atomic E-state index is 0.0386. The van der Waals surface area contributed by atoms with Crippen LogP contribution in [0.2, 0.25) is 0 Å². The number of rotatable bonds is 4. The van der Waals surface area contributed by atoms with E-state index in [4.69, 9.17) is 4.98 Å². The highest BCUT2D eigenvalue weighted by Gasteiger charge is 2.17. The number of hydrogen-bond donors (Lipinski definition) is 0. The molecule has 0 bridgehead atoms. The van der Waals surface area contributed by atoms with E-state index >= 15 is 0 Å². The third kappa shape index (κ3) is 2.59. The van der Waals surface area contributed by atoms with E-state index in [9.17, 15) is 4.79 Å². The molecule has 0 amide bonds. The largest absolute Gasteiger partial charge is 0.268 e. The van der Waals surface area contributed by atoms with E-state index in [0.717, 1.165) is 43.7 Å². The number of thioether (sulfide) groups is 1. The first-order valence-electron chi connectivity index (χ1n) is 7.34. The van der Waals surface area contributed by atoms with Crippen LogP contribution in [-0.4, -0.2) is 15.3 Å². The van der Waals surface area contributed by atoms with Crippen LogP contribution in [0.25, 0.3) is 15.9 Å². The van der Waals surface area contributed by atoms with E-state index in [2.05, 4.69) is 6.92 Å². The van der Waals surface area contributed by atoms with Crippen LogP contribution < -0.4 is 5.56 Å². The van der Waals surface area contributed by atoms with Gasteiger partial charge in [-0.2, -0.15) is 0 Å². The molecule has 3 nitrogen and oxygen atoms in total. The maximum Gasteiger partial charge on any atom is 0.267 e. The van der Waals surface area contributed by atoms with Crippen LogP contribution in [0.1, 0.15) is 23.8 Å². The Labute approximate surface area is 138 Å². The van der Waals surface area contributed by atoms with E-state index < -0.39 is 0 Å². The van der Waals surface area contributed by atoms with Crippen LogP contribution in [0.15, 0.2) is 40.3 Å². The molecular formula is C17H18N2OS2. The standard InChI is InChI=1S/C17H18N2OS2/c1-4-10-21-17-18-15-14(11(2)12(3)22-15)16(20)19(17)13-8-6-5-7-9-13/h5-9H,4,10H2,1-3H3. The van der Waals surface area contributed by atoms with E-state index in [1.54, 1.807) is 27.7 Å². The zero-order valence-electron chi connectivity index (χ0n) is 12.9. The summed E-state index contributed by atoms with van der Waals surface area (Å²) in [5.41, 5.74) is 1.97. The molecule has 5 heteroatoms. The van der Waals surface area contributed by atoms with Gasteiger partial charge in [-0.25, -0.2) is 4.98 Å². The van der Waals surface area contributed by atoms with Crippen molar-refractivity contribution >= 4 is 33.3 Å². The van der Waals surface area contributed by atoms with Crippen molar-refractivity contribution in [2.45, 2.75) is 32.3 Å². The number of aromatic nitrogens is 2. The molecule has 114 valence electrons. The van der Waals surface area contributed by atoms with E-state index in [1.807, 2.05) is 44.2 Å². The summed E-state index contributed by atoms with van der Waals surface area (Å²) in [6.07, 6.45) is 1.05. The predicted molar refractivity (Wildman–Crippen MR) is 95.7 cm³/mol. The maximum atomic E-state index is 13.1. The molecule has 0 saturated carbocycles. The summed E-state index contributed by atoms with van der Waals surface area (Å²) in [5, 5.41) is 1.54. The van der Waals surface area contributed by atoms with Crippen molar-refractivity contribution in [2.75, 3.05) is 5.75 Å². The van der Waals surface area contributed by atoms with Gasteiger partial charge in [0, 0.05) is 10.6 Å². The smallest absolute Gasteiger partial charge is 0.267 e. The van der Waals surface area contributed by atoms with Gasteiger partial charge in [-0.15, -0.1) is 11.3 Å². The first-order chi connectivity index (χ1) is 10.6. The summed E-state index contributed by atoms with van der Waals surface area (Å²) in [4.78, 5) is 19.9. The molecule has 0 spiro atoms. The van der Waals surface area contributed by atoms with Gasteiger partial charge in [-0.05, 0) is 38.0 Å². The van der Waals surface area contributed by atoms with Crippen LogP contribution in [-0.2, 0) is 0 Å². The van der Waals surface area contributed by atoms with Crippen LogP contribution in [0.3, 0.4) is 0 Å². The number of para-hydroxylation sites is 1. The van der Waals surface area contributed by atoms with Gasteiger partial charge < -0.3 is 0 Å². The van der Waals surface area contributed by atoms with Gasteiger partial charge in [0.1, 0.15) is 4.83 Å². The zero-order valence-corrected chi connectivity index (χ0v) is 14.6. The quantitative estimate of drug-likeness (QED) is 0.519. The molecule has 0 N–H and O–H groups in total. The summed E-state index contributed by atoms with van der Waals surface area (Å²) in [6, 6.07) is 9.77. The Balaban J connectivity index is 2.33. The maximum absolute atomic E-state index is 13.1. The molecule has 3 aromatic rings. The molecule has 0 aliphatic rings. The van der Waals surface area contributed by atoms with Gasteiger partial charge in [-0.3, -0.25) is 9.36 Å². The Morgan fingerprint density at radius 3 is 2.64 bits per heavy atom. The van der Waals surface area contributed by atoms with Crippen molar-refractivity contribution in [3.63, 3.8) is 0 Å². The van der Waals surface area contributed by atoms with E-state index in [1.165, 1.54) is 0 Å². The highest BCUT2D eigenvalue weighted by Crippen LogP contribution is 2.29. The molecule has 0 atom stereocenters. The highest BCUT2D eigenvalue weighted by atomic mass is 32.2. The SMILES string of the molecule is CCCSc1nc2sc(C)c(C)c2c(=O)n1-c1ccccc1. The molecule has 22 heavy (non-hydrogen) atoms. The minimum Gasteiger partial charge on any atom is -0.268 e. The molecule has 0 unspecified atom stereocenters. The fourth-order valence-electron chi connectivity index (χ4n) is 2.37. The van der Waals surface area contributed by atoms with Crippen LogP contribution >= 0.6 is 23.1 Å². The lowest BCUT2D eigenvalue weighted by Crippen LogP contribution is -2.21. The van der Waals surface area contributed by atoms with Gasteiger partial charge in [0.15, 0.2) is 5.16 Å². The van der Waals surface area contributed by atoms with Crippen LogP contribution in [0.5, 0.6) is 0 Å². The second-order valence-electron chi connectivity index (χ2n) is 5.18. The van der Waals surface area contributed by atoms with Gasteiger partial charge in [0.05, 0.1) is 11.1 Å². The molecule has 0 fully saturated rings. The fourth-order valence-corrected chi connectivity index (χ4v) is 4.31. The van der Waals surface area contributed by atoms with Gasteiger partial charge in [-0.1, -0.05) is 36.9 Å². The lowest BCUT2D eigenvalue weighted by atomic mass is 10.2. The second kappa shape index (κ2) is 6.26. The van der Waals surface area contributed by atoms with E-state index in [-0.39, 0.29) is 5.56 Å². The Morgan fingerprint density at radius 1 is 1.23 bits per heavy atom. The third-order valence-corrected chi connectivity index (χ3v) is 5.87. The lowest BCUT2D eigenvalue weighted by Gasteiger charge is -2.11. The van der Waals surface area contributed by atoms with Crippen LogP contribution in [0.4, 0.5) is 0 Å². The molecule has 3 rings (SSSR count). The Morgan fingerprint density at radius 2 is 1.95 bits per heavy atom. The molecule has 2 aromatic heterocycles. The van der Waals surface area contributed by atoms with Crippen molar-refractivity contribution in [2.24, 2.45) is 0 Å². The number of aryl methyl sites for hydroxylation is 2. The van der Waals surface area contributed by atoms with Gasteiger partial charge in [0.2, 0.25) is 0 Å². The topological polar surface area (TPSA) is 34.9 Å². The summed E-state index contributed by atoms with van der Waals surface area (Å²) in [7, 11) is 0. The first-order valence-corrected chi connectivity index (χ1v) is 9.14. The van der Waals surface area contributed by atoms with Crippen LogP contribution in [0, 0.1) is 13.8 Å². The second-order valence-corrected chi connectivity index (χ2v) is 7.45. The lowest BCUT2D eigenvalue weighted by molar-refractivity contribution is 0.821. The van der Waals surface area contributed by atoms with Crippen molar-refractivity contribution in [1.82, 2.24) is 9.55 Å². The molecule has 0 saturated heterocycles. The Kier molecular flexibility index (Phi) is 4.36. The molecule has 0 aliphatic carbocycles. The Hall–Kier alpha value is -1.59. The van der Waals surface area contributed by atoms with Gasteiger partial charge in [0.25, 0.3) is 5.56 Å². The predicted octanol–water partition coefficient (Wildman–Crippen LogP) is 4.57. The molecular weight excluding hydrogens is 312 g/mol. The summed E-state index contributed by atoms with van der Waals surface area (Å²) < 4.78 is 1.75. The summed E-state index contributed by atoms with van der Waals surface area (Å²) >= 11 is 3.25. The number of thiophene rings is 1. The summed E-state index contributed by atoms with van der Waals surface area (Å²) in [6.45, 7) is 6.19. The van der Waals surface area contributed by atoms with E-state index in [0.29, 0.717) is 0 Å². The normalized spacial score (nSPS) is 11.2. The molecule has 0 radical (unpaired) electrons. The highest BCUT2D eigenvalue weighted by molar-refractivity contribution is 7.99. The fraction of sp³-hybridized carbons (Fsp3) is 0.294. The Bertz CT molecular complexity index is 866. The number of fused-ring (bicyclic) bond motifs is 1. The van der Waals surface area contributed by atoms with Crippen molar-refractivity contribution in [3.05, 3.63) is 51.1 Å². The molecule has 0 aliphatic heterocycles. The van der Waals surface area contributed by atoms with Crippen molar-refractivity contribution in [1.29, 1.82) is 0 Å². The average Bonchev–Trinajstić information content (AvgIpc) is 2.81. The molecule has 1 aromatic carbocycles. The van der Waals surface area contributed by atoms with Gasteiger partial charge >= 0.3 is 0 Å². The molecule has 2 heterocycles. The third-order valence-electron chi connectivity index (χ3n) is 3.62. The number of hydrogen-bond acceptors (Lipinski definition) is 4. The monoisotopic (exact) mass is 330 g/mol. The van der Waals surface area contributed by atoms with Crippen molar-refractivity contribution < 1.29 is 0 Å². The number of benzene rings is 1.